The second-order valence-electron chi connectivity index (χ2n) is 4.21. The minimum absolute atomic E-state index is 0.0228. The molecule has 1 aliphatic rings. The van der Waals surface area contributed by atoms with Crippen molar-refractivity contribution < 1.29 is 22.7 Å². The van der Waals surface area contributed by atoms with Gasteiger partial charge in [0.05, 0.1) is 25.1 Å². The van der Waals surface area contributed by atoms with Gasteiger partial charge in [0, 0.05) is 0 Å². The zero-order valence-electron chi connectivity index (χ0n) is 9.49. The van der Waals surface area contributed by atoms with Crippen molar-refractivity contribution >= 4 is 16.1 Å². The molecule has 1 amide bonds. The van der Waals surface area contributed by atoms with Crippen molar-refractivity contribution in [1.82, 2.24) is 4.72 Å². The Morgan fingerprint density at radius 1 is 1.50 bits per heavy atom. The number of carbonyl (C=O) groups excluding carboxylic acids is 1. The number of amides is 1. The summed E-state index contributed by atoms with van der Waals surface area (Å²) in [4.78, 5) is 10.9. The molecule has 1 atom stereocenters. The summed E-state index contributed by atoms with van der Waals surface area (Å²) in [6.07, 6.45) is 2.51. The third-order valence-electron chi connectivity index (χ3n) is 2.24. The number of carbonyl (C=O) groups is 1. The first-order chi connectivity index (χ1) is 7.31. The molecule has 0 radical (unpaired) electrons. The molecule has 0 aromatic heterocycles. The van der Waals surface area contributed by atoms with E-state index >= 15 is 0 Å². The lowest BCUT2D eigenvalue weighted by Crippen LogP contribution is -2.30. The van der Waals surface area contributed by atoms with Crippen LogP contribution in [-0.4, -0.2) is 39.6 Å². The third kappa shape index (κ3) is 5.92. The van der Waals surface area contributed by atoms with E-state index in [2.05, 4.69) is 4.74 Å². The van der Waals surface area contributed by atoms with Gasteiger partial charge in [-0.2, -0.15) is 0 Å². The number of sulfonamides is 1. The van der Waals surface area contributed by atoms with Crippen LogP contribution in [0.3, 0.4) is 0 Å². The van der Waals surface area contributed by atoms with Gasteiger partial charge in [0.1, 0.15) is 0 Å². The summed E-state index contributed by atoms with van der Waals surface area (Å²) in [6, 6.07) is 0. The molecule has 94 valence electrons. The van der Waals surface area contributed by atoms with E-state index in [-0.39, 0.29) is 12.2 Å². The normalized spacial score (nSPS) is 23.9. The van der Waals surface area contributed by atoms with Gasteiger partial charge >= 0.3 is 6.09 Å². The van der Waals surface area contributed by atoms with Gasteiger partial charge in [0.15, 0.2) is 0 Å². The highest BCUT2D eigenvalue weighted by molar-refractivity contribution is 7.89. The number of ether oxygens (including phenoxy) is 2. The van der Waals surface area contributed by atoms with E-state index in [1.54, 1.807) is 4.72 Å². The van der Waals surface area contributed by atoms with Crippen LogP contribution in [0.4, 0.5) is 4.79 Å². The second kappa shape index (κ2) is 5.01. The van der Waals surface area contributed by atoms with Crippen LogP contribution in [0.2, 0.25) is 0 Å². The van der Waals surface area contributed by atoms with Crippen molar-refractivity contribution in [3.8, 4) is 0 Å². The van der Waals surface area contributed by atoms with Gasteiger partial charge in [-0.1, -0.05) is 0 Å². The van der Waals surface area contributed by atoms with Crippen LogP contribution >= 0.6 is 0 Å². The van der Waals surface area contributed by atoms with Crippen molar-refractivity contribution in [3.05, 3.63) is 0 Å². The third-order valence-corrected chi connectivity index (χ3v) is 2.78. The summed E-state index contributed by atoms with van der Waals surface area (Å²) in [5.41, 5.74) is 0.0228. The molecule has 1 heterocycles. The zero-order chi connectivity index (χ0) is 12.2. The number of unbranched alkanes of at least 4 members (excludes halogenated alkanes) is 1. The monoisotopic (exact) mass is 251 g/mol. The topological polar surface area (TPSA) is 85.0 Å². The average molecular weight is 251 g/mol. The quantitative estimate of drug-likeness (QED) is 0.553. The highest BCUT2D eigenvalue weighted by Crippen LogP contribution is 2.31. The number of hydrogen-bond acceptors (Lipinski definition) is 5. The maximum atomic E-state index is 10.9. The van der Waals surface area contributed by atoms with Crippen molar-refractivity contribution in [2.75, 3.05) is 19.5 Å². The zero-order valence-corrected chi connectivity index (χ0v) is 10.3. The van der Waals surface area contributed by atoms with E-state index in [4.69, 9.17) is 4.74 Å². The summed E-state index contributed by atoms with van der Waals surface area (Å²) in [5, 5.41) is 0. The van der Waals surface area contributed by atoms with E-state index in [0.717, 1.165) is 25.7 Å². The molecular formula is C9H17NO5S. The molecule has 0 aromatic carbocycles. The predicted octanol–water partition coefficient (Wildman–Crippen LogP) is 0.631. The van der Waals surface area contributed by atoms with Gasteiger partial charge in [-0.15, -0.1) is 0 Å². The molecule has 1 N–H and O–H groups in total. The predicted molar refractivity (Wildman–Crippen MR) is 57.5 cm³/mol. The summed E-state index contributed by atoms with van der Waals surface area (Å²) >= 11 is 0. The molecule has 1 aliphatic heterocycles. The SMILES string of the molecule is CC1(CCCCOC(=O)NS(C)(=O)=O)CO1. The maximum absolute atomic E-state index is 10.9. The second-order valence-corrected chi connectivity index (χ2v) is 5.95. The highest BCUT2D eigenvalue weighted by Gasteiger charge is 2.37. The van der Waals surface area contributed by atoms with Crippen LogP contribution in [-0.2, 0) is 19.5 Å². The molecule has 0 spiro atoms. The number of hydrogen-bond donors (Lipinski definition) is 1. The molecule has 1 rings (SSSR count). The van der Waals surface area contributed by atoms with Gasteiger partial charge in [-0.3, -0.25) is 0 Å². The Morgan fingerprint density at radius 2 is 2.12 bits per heavy atom. The summed E-state index contributed by atoms with van der Waals surface area (Å²) < 4.78 is 32.9. The Hall–Kier alpha value is -0.820. The van der Waals surface area contributed by atoms with E-state index in [0.29, 0.717) is 6.42 Å². The Kier molecular flexibility index (Phi) is 4.15. The van der Waals surface area contributed by atoms with Crippen LogP contribution in [0.25, 0.3) is 0 Å². The molecule has 6 nitrogen and oxygen atoms in total. The Morgan fingerprint density at radius 3 is 2.62 bits per heavy atom. The Balaban J connectivity index is 2.00. The number of rotatable bonds is 6. The molecule has 0 aromatic rings. The molecule has 0 aliphatic carbocycles. The van der Waals surface area contributed by atoms with Crippen LogP contribution in [0.15, 0.2) is 0 Å². The molecule has 1 unspecified atom stereocenters. The van der Waals surface area contributed by atoms with Crippen molar-refractivity contribution in [2.45, 2.75) is 31.8 Å². The molecule has 7 heteroatoms. The van der Waals surface area contributed by atoms with Crippen LogP contribution in [0, 0.1) is 0 Å². The molecule has 0 bridgehead atoms. The minimum atomic E-state index is -3.52. The van der Waals surface area contributed by atoms with Gasteiger partial charge in [-0.25, -0.2) is 17.9 Å². The van der Waals surface area contributed by atoms with E-state index in [1.807, 2.05) is 6.92 Å². The summed E-state index contributed by atoms with van der Waals surface area (Å²) in [5.74, 6) is 0. The fourth-order valence-electron chi connectivity index (χ4n) is 1.21. The molecule has 0 saturated carbocycles. The lowest BCUT2D eigenvalue weighted by Gasteiger charge is -2.06. The lowest BCUT2D eigenvalue weighted by atomic mass is 10.1. The van der Waals surface area contributed by atoms with Crippen molar-refractivity contribution in [3.63, 3.8) is 0 Å². The van der Waals surface area contributed by atoms with Gasteiger partial charge in [-0.05, 0) is 26.2 Å². The van der Waals surface area contributed by atoms with E-state index in [9.17, 15) is 13.2 Å². The number of nitrogens with one attached hydrogen (secondary N) is 1. The Labute approximate surface area is 95.4 Å². The fraction of sp³-hybridized carbons (Fsp3) is 0.889. The van der Waals surface area contributed by atoms with Gasteiger partial charge < -0.3 is 9.47 Å². The largest absolute Gasteiger partial charge is 0.449 e. The molecule has 1 fully saturated rings. The molecular weight excluding hydrogens is 234 g/mol. The molecule has 16 heavy (non-hydrogen) atoms. The molecule has 1 saturated heterocycles. The summed E-state index contributed by atoms with van der Waals surface area (Å²) in [7, 11) is -3.52. The first kappa shape index (κ1) is 13.2. The van der Waals surface area contributed by atoms with Gasteiger partial charge in [0.2, 0.25) is 10.0 Å². The van der Waals surface area contributed by atoms with Crippen molar-refractivity contribution in [1.29, 1.82) is 0 Å². The van der Waals surface area contributed by atoms with Gasteiger partial charge in [0.25, 0.3) is 0 Å². The van der Waals surface area contributed by atoms with Crippen LogP contribution in [0.5, 0.6) is 0 Å². The highest BCUT2D eigenvalue weighted by atomic mass is 32.2. The van der Waals surface area contributed by atoms with Crippen LogP contribution in [0.1, 0.15) is 26.2 Å². The maximum Gasteiger partial charge on any atom is 0.420 e. The number of epoxide rings is 1. The lowest BCUT2D eigenvalue weighted by molar-refractivity contribution is 0.149. The van der Waals surface area contributed by atoms with Crippen LogP contribution < -0.4 is 4.72 Å². The smallest absolute Gasteiger partial charge is 0.420 e. The summed E-state index contributed by atoms with van der Waals surface area (Å²) in [6.45, 7) is 3.05. The van der Waals surface area contributed by atoms with E-state index in [1.165, 1.54) is 0 Å². The fourth-order valence-corrected chi connectivity index (χ4v) is 1.58. The Bertz CT molecular complexity index is 347. The van der Waals surface area contributed by atoms with Crippen molar-refractivity contribution in [2.24, 2.45) is 0 Å². The average Bonchev–Trinajstić information content (AvgIpc) is 2.80. The first-order valence-corrected chi connectivity index (χ1v) is 6.98. The minimum Gasteiger partial charge on any atom is -0.449 e. The standard InChI is InChI=1S/C9H17NO5S/c1-9(7-15-9)5-3-4-6-14-8(11)10-16(2,12)13/h3-7H2,1-2H3,(H,10,11). The first-order valence-electron chi connectivity index (χ1n) is 5.09. The van der Waals surface area contributed by atoms with E-state index < -0.39 is 16.1 Å².